The number of epoxide rings is 1. The Bertz CT molecular complexity index is 495. The fraction of sp³-hybridized carbons (Fsp3) is 0.533. The SMILES string of the molecule is COC(=O)C12CCCCC1(c1ccc(OC)cc1)O2. The summed E-state index contributed by atoms with van der Waals surface area (Å²) in [5.74, 6) is 0.559. The second-order valence-electron chi connectivity index (χ2n) is 5.18. The highest BCUT2D eigenvalue weighted by Gasteiger charge is 2.76. The van der Waals surface area contributed by atoms with Crippen LogP contribution in [0.5, 0.6) is 5.75 Å². The van der Waals surface area contributed by atoms with Gasteiger partial charge in [0.05, 0.1) is 14.2 Å². The molecule has 4 nitrogen and oxygen atoms in total. The molecule has 0 spiro atoms. The van der Waals surface area contributed by atoms with Crippen molar-refractivity contribution in [3.8, 4) is 5.75 Å². The summed E-state index contributed by atoms with van der Waals surface area (Å²) in [6.07, 6.45) is 3.69. The number of hydrogen-bond acceptors (Lipinski definition) is 4. The number of carbonyl (C=O) groups is 1. The van der Waals surface area contributed by atoms with E-state index in [0.717, 1.165) is 37.0 Å². The van der Waals surface area contributed by atoms with E-state index in [2.05, 4.69) is 0 Å². The van der Waals surface area contributed by atoms with E-state index in [-0.39, 0.29) is 5.97 Å². The minimum atomic E-state index is -0.755. The molecule has 2 atom stereocenters. The molecule has 1 saturated carbocycles. The summed E-state index contributed by atoms with van der Waals surface area (Å²) in [4.78, 5) is 12.1. The standard InChI is InChI=1S/C15H18O4/c1-17-12-7-5-11(6-8-12)14-9-3-4-10-15(14,19-14)13(16)18-2/h5-8H,3-4,9-10H2,1-2H3. The van der Waals surface area contributed by atoms with Crippen LogP contribution in [0.25, 0.3) is 0 Å². The summed E-state index contributed by atoms with van der Waals surface area (Å²) in [5, 5.41) is 0. The van der Waals surface area contributed by atoms with Gasteiger partial charge in [0, 0.05) is 0 Å². The highest BCUT2D eigenvalue weighted by atomic mass is 16.7. The number of rotatable bonds is 3. The number of hydrogen-bond donors (Lipinski definition) is 0. The van der Waals surface area contributed by atoms with Crippen LogP contribution in [0.15, 0.2) is 24.3 Å². The first-order valence-electron chi connectivity index (χ1n) is 6.62. The predicted octanol–water partition coefficient (Wildman–Crippen LogP) is 2.41. The third kappa shape index (κ3) is 1.59. The van der Waals surface area contributed by atoms with Gasteiger partial charge in [-0.2, -0.15) is 0 Å². The Kier molecular flexibility index (Phi) is 2.78. The summed E-state index contributed by atoms with van der Waals surface area (Å²) in [7, 11) is 3.06. The largest absolute Gasteiger partial charge is 0.497 e. The Labute approximate surface area is 112 Å². The second-order valence-corrected chi connectivity index (χ2v) is 5.18. The molecule has 0 amide bonds. The number of carbonyl (C=O) groups excluding carboxylic acids is 1. The Hall–Kier alpha value is -1.55. The fourth-order valence-corrected chi connectivity index (χ4v) is 3.30. The third-order valence-corrected chi connectivity index (χ3v) is 4.34. The Morgan fingerprint density at radius 2 is 1.84 bits per heavy atom. The Balaban J connectivity index is 1.95. The highest BCUT2D eigenvalue weighted by molar-refractivity contribution is 5.85. The lowest BCUT2D eigenvalue weighted by molar-refractivity contribution is -0.147. The number of fused-ring (bicyclic) bond motifs is 1. The van der Waals surface area contributed by atoms with Crippen LogP contribution in [0.3, 0.4) is 0 Å². The maximum atomic E-state index is 12.1. The van der Waals surface area contributed by atoms with Crippen LogP contribution < -0.4 is 4.74 Å². The quantitative estimate of drug-likeness (QED) is 0.620. The van der Waals surface area contributed by atoms with Crippen molar-refractivity contribution >= 4 is 5.97 Å². The predicted molar refractivity (Wildman–Crippen MR) is 69.0 cm³/mol. The molecule has 1 heterocycles. The molecule has 1 aromatic carbocycles. The van der Waals surface area contributed by atoms with E-state index in [4.69, 9.17) is 14.2 Å². The van der Waals surface area contributed by atoms with Gasteiger partial charge in [-0.15, -0.1) is 0 Å². The van der Waals surface area contributed by atoms with Crippen molar-refractivity contribution in [3.05, 3.63) is 29.8 Å². The van der Waals surface area contributed by atoms with Gasteiger partial charge in [-0.3, -0.25) is 0 Å². The average Bonchev–Trinajstić information content (AvgIpc) is 3.18. The molecule has 1 aliphatic carbocycles. The van der Waals surface area contributed by atoms with E-state index in [0.29, 0.717) is 0 Å². The molecule has 2 unspecified atom stereocenters. The third-order valence-electron chi connectivity index (χ3n) is 4.34. The van der Waals surface area contributed by atoms with Crippen molar-refractivity contribution in [1.29, 1.82) is 0 Å². The molecule has 1 aliphatic heterocycles. The minimum Gasteiger partial charge on any atom is -0.497 e. The van der Waals surface area contributed by atoms with E-state index in [1.807, 2.05) is 24.3 Å². The molecule has 0 N–H and O–H groups in total. The molecule has 1 saturated heterocycles. The maximum Gasteiger partial charge on any atom is 0.341 e. The molecule has 0 bridgehead atoms. The van der Waals surface area contributed by atoms with Gasteiger partial charge in [0.2, 0.25) is 0 Å². The zero-order valence-corrected chi connectivity index (χ0v) is 11.3. The first kappa shape index (κ1) is 12.5. The molecule has 4 heteroatoms. The van der Waals surface area contributed by atoms with Crippen LogP contribution in [0.1, 0.15) is 31.2 Å². The average molecular weight is 262 g/mol. The summed E-state index contributed by atoms with van der Waals surface area (Å²) in [6, 6.07) is 7.77. The minimum absolute atomic E-state index is 0.247. The summed E-state index contributed by atoms with van der Waals surface area (Å²) in [6.45, 7) is 0. The monoisotopic (exact) mass is 262 g/mol. The molecule has 2 aliphatic rings. The molecular weight excluding hydrogens is 244 g/mol. The van der Waals surface area contributed by atoms with Gasteiger partial charge in [-0.1, -0.05) is 12.1 Å². The van der Waals surface area contributed by atoms with Crippen LogP contribution in [0.2, 0.25) is 0 Å². The van der Waals surface area contributed by atoms with Crippen molar-refractivity contribution in [3.63, 3.8) is 0 Å². The number of esters is 1. The summed E-state index contributed by atoms with van der Waals surface area (Å²) < 4.78 is 16.1. The smallest absolute Gasteiger partial charge is 0.341 e. The van der Waals surface area contributed by atoms with Crippen molar-refractivity contribution in [2.45, 2.75) is 36.9 Å². The van der Waals surface area contributed by atoms with Crippen molar-refractivity contribution in [1.82, 2.24) is 0 Å². The van der Waals surface area contributed by atoms with Gasteiger partial charge in [0.25, 0.3) is 0 Å². The lowest BCUT2D eigenvalue weighted by atomic mass is 9.75. The van der Waals surface area contributed by atoms with Crippen molar-refractivity contribution < 1.29 is 19.0 Å². The summed E-state index contributed by atoms with van der Waals surface area (Å²) in [5.41, 5.74) is -0.197. The zero-order chi connectivity index (χ0) is 13.5. The van der Waals surface area contributed by atoms with Gasteiger partial charge in [0.15, 0.2) is 5.60 Å². The molecule has 2 fully saturated rings. The van der Waals surface area contributed by atoms with Crippen LogP contribution >= 0.6 is 0 Å². The van der Waals surface area contributed by atoms with E-state index >= 15 is 0 Å². The van der Waals surface area contributed by atoms with Crippen LogP contribution in [0, 0.1) is 0 Å². The van der Waals surface area contributed by atoms with Gasteiger partial charge in [-0.05, 0) is 43.4 Å². The van der Waals surface area contributed by atoms with Gasteiger partial charge >= 0.3 is 5.97 Å². The van der Waals surface area contributed by atoms with Crippen molar-refractivity contribution in [2.75, 3.05) is 14.2 Å². The van der Waals surface area contributed by atoms with E-state index in [1.165, 1.54) is 7.11 Å². The maximum absolute atomic E-state index is 12.1. The van der Waals surface area contributed by atoms with Gasteiger partial charge in [-0.25, -0.2) is 4.79 Å². The fourth-order valence-electron chi connectivity index (χ4n) is 3.30. The van der Waals surface area contributed by atoms with Crippen LogP contribution in [-0.4, -0.2) is 25.8 Å². The molecule has 1 aromatic rings. The van der Waals surface area contributed by atoms with Gasteiger partial charge in [0.1, 0.15) is 11.4 Å². The molecule has 19 heavy (non-hydrogen) atoms. The zero-order valence-electron chi connectivity index (χ0n) is 11.3. The van der Waals surface area contributed by atoms with E-state index in [9.17, 15) is 4.79 Å². The molecule has 0 aromatic heterocycles. The number of benzene rings is 1. The van der Waals surface area contributed by atoms with E-state index in [1.54, 1.807) is 7.11 Å². The molecule has 0 radical (unpaired) electrons. The topological polar surface area (TPSA) is 48.1 Å². The lowest BCUT2D eigenvalue weighted by Crippen LogP contribution is -2.36. The molecular formula is C15H18O4. The normalized spacial score (nSPS) is 32.3. The lowest BCUT2D eigenvalue weighted by Gasteiger charge is -2.23. The highest BCUT2D eigenvalue weighted by Crippen LogP contribution is 2.64. The number of ether oxygens (including phenoxy) is 3. The van der Waals surface area contributed by atoms with Crippen LogP contribution in [0.4, 0.5) is 0 Å². The Morgan fingerprint density at radius 3 is 2.47 bits per heavy atom. The summed E-state index contributed by atoms with van der Waals surface area (Å²) >= 11 is 0. The van der Waals surface area contributed by atoms with Crippen LogP contribution in [-0.2, 0) is 19.9 Å². The molecule has 102 valence electrons. The second kappa shape index (κ2) is 4.23. The first-order chi connectivity index (χ1) is 9.18. The van der Waals surface area contributed by atoms with Gasteiger partial charge < -0.3 is 14.2 Å². The first-order valence-corrected chi connectivity index (χ1v) is 6.62. The number of methoxy groups -OCH3 is 2. The molecule has 3 rings (SSSR count). The Morgan fingerprint density at radius 1 is 1.16 bits per heavy atom. The van der Waals surface area contributed by atoms with E-state index < -0.39 is 11.2 Å². The van der Waals surface area contributed by atoms with Crippen molar-refractivity contribution in [2.24, 2.45) is 0 Å².